The van der Waals surface area contributed by atoms with E-state index in [9.17, 15) is 9.18 Å². The zero-order valence-electron chi connectivity index (χ0n) is 10.4. The molecule has 0 radical (unpaired) electrons. The monoisotopic (exact) mass is 253 g/mol. The summed E-state index contributed by atoms with van der Waals surface area (Å²) in [6, 6.07) is 4.08. The van der Waals surface area contributed by atoms with Crippen molar-refractivity contribution < 1.29 is 18.7 Å². The zero-order valence-corrected chi connectivity index (χ0v) is 10.4. The summed E-state index contributed by atoms with van der Waals surface area (Å²) in [5.74, 6) is -0.939. The molecule has 0 aromatic heterocycles. The Labute approximate surface area is 105 Å². The van der Waals surface area contributed by atoms with E-state index in [0.717, 1.165) is 0 Å². The van der Waals surface area contributed by atoms with Crippen molar-refractivity contribution in [2.75, 3.05) is 20.3 Å². The Morgan fingerprint density at radius 3 is 2.89 bits per heavy atom. The first-order valence-corrected chi connectivity index (χ1v) is 5.71. The molecule has 2 unspecified atom stereocenters. The highest BCUT2D eigenvalue weighted by Crippen LogP contribution is 2.33. The van der Waals surface area contributed by atoms with E-state index >= 15 is 0 Å². The van der Waals surface area contributed by atoms with Gasteiger partial charge in [0.15, 0.2) is 17.3 Å². The Bertz CT molecular complexity index is 477. The van der Waals surface area contributed by atoms with Crippen LogP contribution in [0, 0.1) is 11.2 Å². The van der Waals surface area contributed by atoms with Crippen molar-refractivity contribution in [2.45, 2.75) is 13.0 Å². The molecule has 0 amide bonds. The molecule has 18 heavy (non-hydrogen) atoms. The fourth-order valence-corrected chi connectivity index (χ4v) is 2.07. The number of hydrogen-bond donors (Lipinski definition) is 1. The third kappa shape index (κ3) is 1.89. The van der Waals surface area contributed by atoms with E-state index in [2.05, 4.69) is 0 Å². The van der Waals surface area contributed by atoms with E-state index < -0.39 is 17.3 Å². The summed E-state index contributed by atoms with van der Waals surface area (Å²) in [7, 11) is 1.36. The van der Waals surface area contributed by atoms with Gasteiger partial charge in [-0.15, -0.1) is 0 Å². The van der Waals surface area contributed by atoms with Crippen LogP contribution in [0.3, 0.4) is 0 Å². The Balaban J connectivity index is 2.40. The van der Waals surface area contributed by atoms with Crippen molar-refractivity contribution >= 4 is 5.78 Å². The molecule has 1 heterocycles. The van der Waals surface area contributed by atoms with Gasteiger partial charge < -0.3 is 15.2 Å². The van der Waals surface area contributed by atoms with Gasteiger partial charge in [-0.05, 0) is 19.1 Å². The lowest BCUT2D eigenvalue weighted by molar-refractivity contribution is 0.0762. The molecule has 0 spiro atoms. The Hall–Kier alpha value is -1.46. The van der Waals surface area contributed by atoms with Crippen LogP contribution < -0.4 is 10.5 Å². The zero-order chi connectivity index (χ0) is 13.3. The summed E-state index contributed by atoms with van der Waals surface area (Å²) in [5.41, 5.74) is 4.99. The van der Waals surface area contributed by atoms with Crippen LogP contribution in [0.5, 0.6) is 5.75 Å². The minimum absolute atomic E-state index is 0.00204. The van der Waals surface area contributed by atoms with E-state index in [4.69, 9.17) is 15.2 Å². The number of hydrogen-bond acceptors (Lipinski definition) is 4. The average molecular weight is 253 g/mol. The molecule has 2 atom stereocenters. The molecule has 0 saturated carbocycles. The van der Waals surface area contributed by atoms with Crippen molar-refractivity contribution in [3.8, 4) is 5.75 Å². The predicted molar refractivity (Wildman–Crippen MR) is 64.2 cm³/mol. The van der Waals surface area contributed by atoms with E-state index in [1.807, 2.05) is 0 Å². The lowest BCUT2D eigenvalue weighted by Crippen LogP contribution is -2.44. The van der Waals surface area contributed by atoms with Crippen LogP contribution in [0.15, 0.2) is 18.2 Å². The van der Waals surface area contributed by atoms with Gasteiger partial charge in [0, 0.05) is 6.04 Å². The summed E-state index contributed by atoms with van der Waals surface area (Å²) < 4.78 is 24.1. The predicted octanol–water partition coefficient (Wildman–Crippen LogP) is 1.38. The first-order valence-electron chi connectivity index (χ1n) is 5.71. The topological polar surface area (TPSA) is 61.5 Å². The fraction of sp³-hybridized carbons (Fsp3) is 0.462. The number of ketones is 1. The lowest BCUT2D eigenvalue weighted by Gasteiger charge is -2.25. The second-order valence-electron chi connectivity index (χ2n) is 4.69. The summed E-state index contributed by atoms with van der Waals surface area (Å²) in [6.07, 6.45) is 0. The molecule has 98 valence electrons. The maximum Gasteiger partial charge on any atom is 0.175 e. The number of methoxy groups -OCH3 is 1. The molecule has 0 bridgehead atoms. The molecule has 2 N–H and O–H groups in total. The van der Waals surface area contributed by atoms with Crippen LogP contribution in [0.1, 0.15) is 17.3 Å². The number of carbonyl (C=O) groups excluding carboxylic acids is 1. The van der Waals surface area contributed by atoms with Crippen molar-refractivity contribution in [3.63, 3.8) is 0 Å². The number of ether oxygens (including phenoxy) is 2. The van der Waals surface area contributed by atoms with E-state index in [0.29, 0.717) is 6.61 Å². The quantitative estimate of drug-likeness (QED) is 0.827. The Morgan fingerprint density at radius 2 is 2.33 bits per heavy atom. The second-order valence-corrected chi connectivity index (χ2v) is 4.69. The highest BCUT2D eigenvalue weighted by molar-refractivity contribution is 6.01. The Kier molecular flexibility index (Phi) is 3.36. The van der Waals surface area contributed by atoms with Crippen LogP contribution in [0.4, 0.5) is 4.39 Å². The molecule has 1 aliphatic rings. The SMILES string of the molecule is COc1cccc(C(=O)C2(C)COCC2N)c1F. The van der Waals surface area contributed by atoms with Crippen molar-refractivity contribution in [2.24, 2.45) is 11.1 Å². The second kappa shape index (κ2) is 4.66. The molecule has 4 nitrogen and oxygen atoms in total. The van der Waals surface area contributed by atoms with E-state index in [1.165, 1.54) is 19.2 Å². The van der Waals surface area contributed by atoms with Crippen LogP contribution in [-0.4, -0.2) is 32.1 Å². The number of halogens is 1. The highest BCUT2D eigenvalue weighted by atomic mass is 19.1. The van der Waals surface area contributed by atoms with Crippen LogP contribution in [-0.2, 0) is 4.74 Å². The Morgan fingerprint density at radius 1 is 1.61 bits per heavy atom. The molecular formula is C13H16FNO3. The van der Waals surface area contributed by atoms with Gasteiger partial charge in [-0.2, -0.15) is 0 Å². The number of Topliss-reactive ketones (excluding diaryl/α,β-unsaturated/α-hetero) is 1. The van der Waals surface area contributed by atoms with Crippen molar-refractivity contribution in [3.05, 3.63) is 29.6 Å². The molecule has 1 fully saturated rings. The van der Waals surface area contributed by atoms with Gasteiger partial charge in [-0.25, -0.2) is 4.39 Å². The lowest BCUT2D eigenvalue weighted by atomic mass is 9.78. The van der Waals surface area contributed by atoms with Crippen LogP contribution in [0.2, 0.25) is 0 Å². The largest absolute Gasteiger partial charge is 0.494 e. The smallest absolute Gasteiger partial charge is 0.175 e. The highest BCUT2D eigenvalue weighted by Gasteiger charge is 2.45. The normalized spacial score (nSPS) is 27.2. The summed E-state index contributed by atoms with van der Waals surface area (Å²) in [4.78, 5) is 12.4. The molecule has 1 aromatic rings. The molecule has 1 saturated heterocycles. The number of benzene rings is 1. The van der Waals surface area contributed by atoms with Crippen LogP contribution >= 0.6 is 0 Å². The summed E-state index contributed by atoms with van der Waals surface area (Å²) in [6.45, 7) is 2.23. The molecular weight excluding hydrogens is 237 g/mol. The molecule has 0 aliphatic carbocycles. The third-order valence-electron chi connectivity index (χ3n) is 3.46. The first-order chi connectivity index (χ1) is 8.50. The number of rotatable bonds is 3. The van der Waals surface area contributed by atoms with Gasteiger partial charge in [0.25, 0.3) is 0 Å². The minimum Gasteiger partial charge on any atom is -0.494 e. The third-order valence-corrected chi connectivity index (χ3v) is 3.46. The number of carbonyl (C=O) groups is 1. The number of nitrogens with two attached hydrogens (primary N) is 1. The van der Waals surface area contributed by atoms with Gasteiger partial charge in [0.1, 0.15) is 0 Å². The van der Waals surface area contributed by atoms with Crippen molar-refractivity contribution in [1.82, 2.24) is 0 Å². The first kappa shape index (κ1) is 13.0. The van der Waals surface area contributed by atoms with Gasteiger partial charge in [-0.1, -0.05) is 6.07 Å². The van der Waals surface area contributed by atoms with E-state index in [-0.39, 0.29) is 23.7 Å². The summed E-state index contributed by atoms with van der Waals surface area (Å²) in [5, 5.41) is 0. The van der Waals surface area contributed by atoms with E-state index in [1.54, 1.807) is 13.0 Å². The van der Waals surface area contributed by atoms with Crippen LogP contribution in [0.25, 0.3) is 0 Å². The van der Waals surface area contributed by atoms with Gasteiger partial charge in [0.05, 0.1) is 31.3 Å². The molecule has 5 heteroatoms. The average Bonchev–Trinajstić information content (AvgIpc) is 2.70. The standard InChI is InChI=1S/C13H16FNO3/c1-13(7-18-6-10(13)15)12(16)8-4-3-5-9(17-2)11(8)14/h3-5,10H,6-7,15H2,1-2H3. The maximum absolute atomic E-state index is 14.0. The molecule has 2 rings (SSSR count). The van der Waals surface area contributed by atoms with Gasteiger partial charge in [-0.3, -0.25) is 4.79 Å². The minimum atomic E-state index is -0.882. The summed E-state index contributed by atoms with van der Waals surface area (Å²) >= 11 is 0. The maximum atomic E-state index is 14.0. The molecule has 1 aliphatic heterocycles. The van der Waals surface area contributed by atoms with Gasteiger partial charge in [0.2, 0.25) is 0 Å². The fourth-order valence-electron chi connectivity index (χ4n) is 2.07. The molecule has 1 aromatic carbocycles. The van der Waals surface area contributed by atoms with Crippen molar-refractivity contribution in [1.29, 1.82) is 0 Å². The van der Waals surface area contributed by atoms with Gasteiger partial charge >= 0.3 is 0 Å².